The van der Waals surface area contributed by atoms with E-state index in [1.165, 1.54) is 32.1 Å². The molecule has 2 heterocycles. The summed E-state index contributed by atoms with van der Waals surface area (Å²) in [5, 5.41) is 10.1. The molecule has 2 fully saturated rings. The molecule has 4 radical (unpaired) electrons. The van der Waals surface area contributed by atoms with E-state index in [4.69, 9.17) is 30.6 Å². The molecule has 4 rings (SSSR count). The van der Waals surface area contributed by atoms with Crippen molar-refractivity contribution < 1.29 is 0 Å². The zero-order chi connectivity index (χ0) is 20.3. The zero-order valence-corrected chi connectivity index (χ0v) is 23.7. The summed E-state index contributed by atoms with van der Waals surface area (Å²) in [4.78, 5) is 0.859. The predicted octanol–water partition coefficient (Wildman–Crippen LogP) is 6.53. The third-order valence-electron chi connectivity index (χ3n) is 6.36. The molecule has 3 aliphatic rings. The fraction of sp³-hybridized carbons (Fsp3) is 0.667. The fourth-order valence-corrected chi connectivity index (χ4v) is 5.23. The number of nitrogens with zero attached hydrogens (tertiary/aromatic N) is 2. The molecule has 1 saturated heterocycles. The largest absolute Gasteiger partial charge is 0.791 e. The Morgan fingerprint density at radius 3 is 2.45 bits per heavy atom. The van der Waals surface area contributed by atoms with E-state index in [-0.39, 0.29) is 33.3 Å². The van der Waals surface area contributed by atoms with E-state index in [9.17, 15) is 0 Å². The van der Waals surface area contributed by atoms with Gasteiger partial charge in [0.1, 0.15) is 0 Å². The molecule has 2 aliphatic heterocycles. The fourth-order valence-electron chi connectivity index (χ4n) is 4.52. The Morgan fingerprint density at radius 2 is 1.76 bits per heavy atom. The minimum Gasteiger partial charge on any atom is -0.791 e. The third kappa shape index (κ3) is 6.60. The quantitative estimate of drug-likeness (QED) is 0.278. The van der Waals surface area contributed by atoms with Gasteiger partial charge >= 0.3 is 0 Å². The SMILES string of the molecule is CC(C)C1C=Cc2cccc([S-])c2[N-]1.CC(C)C1CCC2CCCC([S-])C2[N-]1.[Pb]. The van der Waals surface area contributed by atoms with Crippen LogP contribution in [0.4, 0.5) is 5.69 Å². The van der Waals surface area contributed by atoms with Crippen LogP contribution in [0.1, 0.15) is 65.4 Å². The van der Waals surface area contributed by atoms with Crippen molar-refractivity contribution in [2.45, 2.75) is 88.1 Å². The van der Waals surface area contributed by atoms with Gasteiger partial charge in [0, 0.05) is 27.3 Å². The summed E-state index contributed by atoms with van der Waals surface area (Å²) < 4.78 is 0. The van der Waals surface area contributed by atoms with Crippen LogP contribution in [0.5, 0.6) is 0 Å². The average Bonchev–Trinajstić information content (AvgIpc) is 2.68. The minimum atomic E-state index is 0. The molecule has 0 N–H and O–H groups in total. The molecule has 2 nitrogen and oxygen atoms in total. The molecule has 0 aromatic heterocycles. The maximum absolute atomic E-state index is 5.53. The first-order chi connectivity index (χ1) is 13.4. The van der Waals surface area contributed by atoms with E-state index in [1.807, 2.05) is 12.1 Å². The number of hydrogen-bond acceptors (Lipinski definition) is 2. The van der Waals surface area contributed by atoms with Crippen molar-refractivity contribution in [3.8, 4) is 0 Å². The van der Waals surface area contributed by atoms with Crippen LogP contribution in [0, 0.1) is 17.8 Å². The number of benzene rings is 1. The summed E-state index contributed by atoms with van der Waals surface area (Å²) in [6, 6.07) is 7.39. The number of para-hydroxylation sites is 1. The molecule has 5 atom stereocenters. The van der Waals surface area contributed by atoms with Gasteiger partial charge in [-0.2, -0.15) is 21.9 Å². The van der Waals surface area contributed by atoms with Crippen LogP contribution < -0.4 is 0 Å². The van der Waals surface area contributed by atoms with Gasteiger partial charge in [0.25, 0.3) is 0 Å². The Hall–Kier alpha value is 0.212. The normalized spacial score (nSPS) is 30.4. The summed E-state index contributed by atoms with van der Waals surface area (Å²) >= 11 is 10.8. The third-order valence-corrected chi connectivity index (χ3v) is 7.20. The Morgan fingerprint density at radius 1 is 1.00 bits per heavy atom. The Bertz CT molecular complexity index is 677. The van der Waals surface area contributed by atoms with Gasteiger partial charge in [-0.25, -0.2) is 0 Å². The number of rotatable bonds is 2. The first kappa shape index (κ1) is 25.5. The number of piperidine rings is 1. The van der Waals surface area contributed by atoms with Crippen LogP contribution >= 0.6 is 0 Å². The van der Waals surface area contributed by atoms with E-state index < -0.39 is 0 Å². The van der Waals surface area contributed by atoms with Crippen LogP contribution in [0.3, 0.4) is 0 Å². The van der Waals surface area contributed by atoms with E-state index in [1.54, 1.807) is 0 Å². The molecular formula is C24H34N2PbS2-4. The molecule has 1 saturated carbocycles. The molecule has 0 amide bonds. The van der Waals surface area contributed by atoms with Crippen LogP contribution in [0.15, 0.2) is 29.2 Å². The van der Waals surface area contributed by atoms with Crippen LogP contribution in [0.25, 0.3) is 16.7 Å². The summed E-state index contributed by atoms with van der Waals surface area (Å²) in [7, 11) is 0. The molecule has 5 unspecified atom stereocenters. The van der Waals surface area contributed by atoms with E-state index in [2.05, 4.69) is 51.2 Å². The summed E-state index contributed by atoms with van der Waals surface area (Å²) in [6.45, 7) is 8.93. The second-order valence-corrected chi connectivity index (χ2v) is 10.2. The molecule has 5 heteroatoms. The predicted molar refractivity (Wildman–Crippen MR) is 132 cm³/mol. The second kappa shape index (κ2) is 11.7. The molecule has 0 bridgehead atoms. The van der Waals surface area contributed by atoms with Crippen molar-refractivity contribution in [3.63, 3.8) is 0 Å². The number of fused-ring (bicyclic) bond motifs is 2. The van der Waals surface area contributed by atoms with Gasteiger partial charge in [-0.3, -0.25) is 0 Å². The summed E-state index contributed by atoms with van der Waals surface area (Å²) in [5.41, 5.74) is 2.14. The molecule has 29 heavy (non-hydrogen) atoms. The van der Waals surface area contributed by atoms with Gasteiger partial charge in [-0.05, 0) is 5.56 Å². The van der Waals surface area contributed by atoms with Gasteiger partial charge in [0.2, 0.25) is 0 Å². The van der Waals surface area contributed by atoms with Crippen molar-refractivity contribution in [2.75, 3.05) is 0 Å². The Labute approximate surface area is 209 Å². The van der Waals surface area contributed by atoms with Crippen molar-refractivity contribution in [3.05, 3.63) is 40.5 Å². The van der Waals surface area contributed by atoms with Crippen molar-refractivity contribution >= 4 is 64.3 Å². The second-order valence-electron chi connectivity index (χ2n) is 9.17. The molecular weight excluding hydrogens is 588 g/mol. The van der Waals surface area contributed by atoms with Gasteiger partial charge in [0.15, 0.2) is 0 Å². The van der Waals surface area contributed by atoms with E-state index >= 15 is 0 Å². The van der Waals surface area contributed by atoms with Gasteiger partial charge in [-0.15, -0.1) is 6.04 Å². The van der Waals surface area contributed by atoms with Gasteiger partial charge < -0.3 is 35.9 Å². The van der Waals surface area contributed by atoms with Crippen molar-refractivity contribution in [1.29, 1.82) is 0 Å². The molecule has 1 aliphatic carbocycles. The van der Waals surface area contributed by atoms with E-state index in [0.717, 1.165) is 22.1 Å². The van der Waals surface area contributed by atoms with Crippen LogP contribution in [-0.2, 0) is 25.3 Å². The standard InChI is InChI=1S/C12H22NS.C12H14NS.Pb/c2*1-8(2)10-7-6-9-4-3-5-11(14)12(9)13-10;/h8-12,14H,3-7H2,1-2H3;3-8,10,14H,1-2H3;/q2*-1;/p-2. The first-order valence-corrected chi connectivity index (χ1v) is 11.8. The molecule has 1 aromatic carbocycles. The Balaban J connectivity index is 0.000000200. The van der Waals surface area contributed by atoms with Gasteiger partial charge in [0.05, 0.1) is 0 Å². The molecule has 1 aromatic rings. The van der Waals surface area contributed by atoms with Crippen molar-refractivity contribution in [1.82, 2.24) is 0 Å². The van der Waals surface area contributed by atoms with E-state index in [0.29, 0.717) is 29.2 Å². The van der Waals surface area contributed by atoms with Gasteiger partial charge in [-0.1, -0.05) is 114 Å². The average molecular weight is 622 g/mol. The zero-order valence-electron chi connectivity index (χ0n) is 18.2. The van der Waals surface area contributed by atoms with Crippen LogP contribution in [-0.4, -0.2) is 50.7 Å². The number of hydrogen-bond donors (Lipinski definition) is 0. The Kier molecular flexibility index (Phi) is 10.3. The smallest absolute Gasteiger partial charge is 0 e. The summed E-state index contributed by atoms with van der Waals surface area (Å²) in [6.07, 6.45) is 10.9. The molecule has 160 valence electrons. The topological polar surface area (TPSA) is 28.2 Å². The summed E-state index contributed by atoms with van der Waals surface area (Å²) in [5.74, 6) is 2.08. The maximum Gasteiger partial charge on any atom is 0 e. The molecule has 0 spiro atoms. The van der Waals surface area contributed by atoms with Crippen molar-refractivity contribution in [2.24, 2.45) is 17.8 Å². The maximum atomic E-state index is 5.53. The minimum absolute atomic E-state index is 0. The first-order valence-electron chi connectivity index (χ1n) is 10.9. The monoisotopic (exact) mass is 622 g/mol. The van der Waals surface area contributed by atoms with Crippen LogP contribution in [0.2, 0.25) is 0 Å².